The first-order valence-corrected chi connectivity index (χ1v) is 10.7. The summed E-state index contributed by atoms with van der Waals surface area (Å²) >= 11 is 0. The summed E-state index contributed by atoms with van der Waals surface area (Å²) in [5.41, 5.74) is 2.45. The second-order valence-electron chi connectivity index (χ2n) is 7.67. The summed E-state index contributed by atoms with van der Waals surface area (Å²) in [6.07, 6.45) is 1.61. The molecule has 0 aliphatic carbocycles. The quantitative estimate of drug-likeness (QED) is 0.207. The van der Waals surface area contributed by atoms with Gasteiger partial charge in [-0.25, -0.2) is 0 Å². The van der Waals surface area contributed by atoms with Gasteiger partial charge in [-0.05, 0) is 42.5 Å². The van der Waals surface area contributed by atoms with Gasteiger partial charge in [-0.2, -0.15) is 10.1 Å². The van der Waals surface area contributed by atoms with E-state index in [1.54, 1.807) is 42.5 Å². The largest absolute Gasteiger partial charge is 0.497 e. The number of hydrazone groups is 1. The number of benzene rings is 3. The van der Waals surface area contributed by atoms with E-state index in [1.165, 1.54) is 18.2 Å². The van der Waals surface area contributed by atoms with Gasteiger partial charge in [-0.15, -0.1) is 0 Å². The maximum absolute atomic E-state index is 13.4. The Morgan fingerprint density at radius 3 is 2.37 bits per heavy atom. The van der Waals surface area contributed by atoms with Gasteiger partial charge in [0.1, 0.15) is 23.0 Å². The summed E-state index contributed by atoms with van der Waals surface area (Å²) in [6, 6.07) is 26.4. The molecular weight excluding hydrogens is 446 g/mol. The van der Waals surface area contributed by atoms with Crippen LogP contribution in [0.4, 0.5) is 11.4 Å². The number of hydrogen-bond acceptors (Lipinski definition) is 6. The van der Waals surface area contributed by atoms with Crippen molar-refractivity contribution in [2.75, 3.05) is 12.1 Å². The third kappa shape index (κ3) is 4.20. The lowest BCUT2D eigenvalue weighted by Crippen LogP contribution is -2.21. The Morgan fingerprint density at radius 2 is 1.69 bits per heavy atom. The number of anilines is 1. The van der Waals surface area contributed by atoms with E-state index in [0.717, 1.165) is 5.56 Å². The van der Waals surface area contributed by atoms with Crippen LogP contribution in [-0.2, 0) is 4.79 Å². The van der Waals surface area contributed by atoms with Crippen molar-refractivity contribution >= 4 is 29.1 Å². The molecule has 0 radical (unpaired) electrons. The molecule has 8 nitrogen and oxygen atoms in total. The molecule has 0 unspecified atom stereocenters. The van der Waals surface area contributed by atoms with E-state index in [4.69, 9.17) is 9.15 Å². The van der Waals surface area contributed by atoms with Crippen LogP contribution in [0.1, 0.15) is 11.3 Å². The average molecular weight is 465 g/mol. The number of rotatable bonds is 6. The van der Waals surface area contributed by atoms with Crippen molar-refractivity contribution in [3.63, 3.8) is 0 Å². The minimum absolute atomic E-state index is 0.142. The Hall–Kier alpha value is -4.98. The lowest BCUT2D eigenvalue weighted by molar-refractivity contribution is -0.384. The first-order valence-electron chi connectivity index (χ1n) is 10.7. The molecule has 0 atom stereocenters. The summed E-state index contributed by atoms with van der Waals surface area (Å²) in [5, 5.41) is 17.5. The number of furan rings is 1. The predicted octanol–water partition coefficient (Wildman–Crippen LogP) is 5.70. The zero-order chi connectivity index (χ0) is 24.4. The second kappa shape index (κ2) is 9.11. The lowest BCUT2D eigenvalue weighted by atomic mass is 10.0. The predicted molar refractivity (Wildman–Crippen MR) is 132 cm³/mol. The minimum Gasteiger partial charge on any atom is -0.497 e. The van der Waals surface area contributed by atoms with Crippen LogP contribution in [0.3, 0.4) is 0 Å². The third-order valence-electron chi connectivity index (χ3n) is 5.51. The molecule has 0 saturated carbocycles. The summed E-state index contributed by atoms with van der Waals surface area (Å²) in [7, 11) is 1.44. The van der Waals surface area contributed by atoms with Crippen molar-refractivity contribution in [2.45, 2.75) is 0 Å². The van der Waals surface area contributed by atoms with Crippen molar-refractivity contribution < 1.29 is 18.9 Å². The number of amides is 1. The van der Waals surface area contributed by atoms with E-state index in [9.17, 15) is 14.9 Å². The SMILES string of the molecule is COc1ccc(-c2ccc(C=C3C(=O)N(c4ccccc4)N=C3c3ccccc3)o2)c([N+](=O)[O-])c1. The molecule has 3 aromatic carbocycles. The Kier molecular flexibility index (Phi) is 5.68. The van der Waals surface area contributed by atoms with Gasteiger partial charge in [0.25, 0.3) is 11.6 Å². The van der Waals surface area contributed by atoms with Gasteiger partial charge in [-0.3, -0.25) is 14.9 Å². The van der Waals surface area contributed by atoms with Gasteiger partial charge in [0.05, 0.1) is 34.9 Å². The molecule has 0 fully saturated rings. The minimum atomic E-state index is -0.489. The smallest absolute Gasteiger partial charge is 0.284 e. The fourth-order valence-corrected chi connectivity index (χ4v) is 3.81. The second-order valence-corrected chi connectivity index (χ2v) is 7.67. The van der Waals surface area contributed by atoms with Crippen molar-refractivity contribution in [1.82, 2.24) is 0 Å². The van der Waals surface area contributed by atoms with E-state index < -0.39 is 4.92 Å². The van der Waals surface area contributed by atoms with Crippen molar-refractivity contribution in [3.05, 3.63) is 118 Å². The molecular formula is C27H19N3O5. The third-order valence-corrected chi connectivity index (χ3v) is 5.51. The number of nitro benzene ring substituents is 1. The summed E-state index contributed by atoms with van der Waals surface area (Å²) < 4.78 is 11.0. The highest BCUT2D eigenvalue weighted by atomic mass is 16.6. The number of carbonyl (C=O) groups excluding carboxylic acids is 1. The molecule has 0 saturated heterocycles. The van der Waals surface area contributed by atoms with Crippen LogP contribution in [0.15, 0.2) is 106 Å². The van der Waals surface area contributed by atoms with Gasteiger partial charge in [-0.1, -0.05) is 48.5 Å². The van der Waals surface area contributed by atoms with E-state index in [0.29, 0.717) is 39.8 Å². The molecule has 0 spiro atoms. The average Bonchev–Trinajstić information content (AvgIpc) is 3.49. The Labute approximate surface area is 200 Å². The number of hydrogen-bond donors (Lipinski definition) is 0. The number of ether oxygens (including phenoxy) is 1. The van der Waals surface area contributed by atoms with E-state index in [2.05, 4.69) is 5.10 Å². The molecule has 4 aromatic rings. The first-order chi connectivity index (χ1) is 17.0. The van der Waals surface area contributed by atoms with Gasteiger partial charge in [0, 0.05) is 5.56 Å². The lowest BCUT2D eigenvalue weighted by Gasteiger charge is -2.10. The molecule has 5 rings (SSSR count). The fourth-order valence-electron chi connectivity index (χ4n) is 3.81. The van der Waals surface area contributed by atoms with Crippen molar-refractivity contribution in [2.24, 2.45) is 5.10 Å². The highest BCUT2D eigenvalue weighted by Crippen LogP contribution is 2.35. The topological polar surface area (TPSA) is 98.2 Å². The molecule has 172 valence electrons. The van der Waals surface area contributed by atoms with E-state index in [-0.39, 0.29) is 11.6 Å². The van der Waals surface area contributed by atoms with Crippen LogP contribution in [-0.4, -0.2) is 23.7 Å². The molecule has 2 heterocycles. The summed E-state index contributed by atoms with van der Waals surface area (Å²) in [5.74, 6) is 0.737. The van der Waals surface area contributed by atoms with Crippen LogP contribution in [0.2, 0.25) is 0 Å². The van der Waals surface area contributed by atoms with Crippen LogP contribution in [0.25, 0.3) is 17.4 Å². The van der Waals surface area contributed by atoms with Gasteiger partial charge in [0.15, 0.2) is 0 Å². The first kappa shape index (κ1) is 21.8. The number of nitrogens with zero attached hydrogens (tertiary/aromatic N) is 3. The maximum Gasteiger partial charge on any atom is 0.284 e. The molecule has 1 amide bonds. The van der Waals surface area contributed by atoms with Crippen LogP contribution in [0, 0.1) is 10.1 Å². The molecule has 1 aromatic heterocycles. The molecule has 8 heteroatoms. The van der Waals surface area contributed by atoms with Gasteiger partial charge < -0.3 is 9.15 Å². The maximum atomic E-state index is 13.4. The zero-order valence-electron chi connectivity index (χ0n) is 18.6. The Morgan fingerprint density at radius 1 is 0.971 bits per heavy atom. The van der Waals surface area contributed by atoms with Crippen molar-refractivity contribution in [3.8, 4) is 17.1 Å². The number of methoxy groups -OCH3 is 1. The Balaban J connectivity index is 1.56. The fraction of sp³-hybridized carbons (Fsp3) is 0.0370. The molecule has 1 aliphatic rings. The Bertz CT molecular complexity index is 1470. The number of carbonyl (C=O) groups is 1. The molecule has 0 N–H and O–H groups in total. The number of para-hydroxylation sites is 1. The highest BCUT2D eigenvalue weighted by Gasteiger charge is 2.32. The van der Waals surface area contributed by atoms with Crippen molar-refractivity contribution in [1.29, 1.82) is 0 Å². The molecule has 1 aliphatic heterocycles. The number of nitro groups is 1. The standard InChI is InChI=1S/C27H19N3O5/c1-34-20-12-14-22(24(17-20)30(32)33)25-15-13-21(35-25)16-23-26(18-8-4-2-5-9-18)28-29(27(23)31)19-10-6-3-7-11-19/h2-17H,1H3. The van der Waals surface area contributed by atoms with Crippen LogP contribution >= 0.6 is 0 Å². The highest BCUT2D eigenvalue weighted by molar-refractivity contribution is 6.37. The van der Waals surface area contributed by atoms with Gasteiger partial charge >= 0.3 is 0 Å². The normalized spacial score (nSPS) is 14.3. The van der Waals surface area contributed by atoms with E-state index in [1.807, 2.05) is 48.5 Å². The zero-order valence-corrected chi connectivity index (χ0v) is 18.6. The molecule has 35 heavy (non-hydrogen) atoms. The monoisotopic (exact) mass is 465 g/mol. The van der Waals surface area contributed by atoms with E-state index >= 15 is 0 Å². The van der Waals surface area contributed by atoms with Crippen LogP contribution < -0.4 is 9.75 Å². The van der Waals surface area contributed by atoms with Gasteiger partial charge in [0.2, 0.25) is 0 Å². The summed E-state index contributed by atoms with van der Waals surface area (Å²) in [4.78, 5) is 24.5. The van der Waals surface area contributed by atoms with Crippen LogP contribution in [0.5, 0.6) is 5.75 Å². The molecule has 0 bridgehead atoms. The summed E-state index contributed by atoms with van der Waals surface area (Å²) in [6.45, 7) is 0.